The lowest BCUT2D eigenvalue weighted by molar-refractivity contribution is -0.137. The van der Waals surface area contributed by atoms with Gasteiger partial charge in [-0.2, -0.15) is 0 Å². The van der Waals surface area contributed by atoms with E-state index >= 15 is 0 Å². The molecule has 4 nitrogen and oxygen atoms in total. The lowest BCUT2D eigenvalue weighted by atomic mass is 10.0. The molecule has 1 aromatic rings. The predicted octanol–water partition coefficient (Wildman–Crippen LogP) is 2.63. The van der Waals surface area contributed by atoms with Crippen LogP contribution in [0.4, 0.5) is 0 Å². The van der Waals surface area contributed by atoms with Crippen molar-refractivity contribution in [1.82, 2.24) is 5.32 Å². The highest BCUT2D eigenvalue weighted by atomic mass is 79.9. The van der Waals surface area contributed by atoms with Gasteiger partial charge in [-0.15, -0.1) is 0 Å². The molecule has 0 aromatic carbocycles. The molecule has 5 heteroatoms. The summed E-state index contributed by atoms with van der Waals surface area (Å²) in [5, 5.41) is 11.9. The third-order valence-electron chi connectivity index (χ3n) is 2.37. The van der Waals surface area contributed by atoms with Crippen molar-refractivity contribution in [1.29, 1.82) is 0 Å². The summed E-state index contributed by atoms with van der Waals surface area (Å²) < 4.78 is 6.01. The Morgan fingerprint density at radius 3 is 2.69 bits per heavy atom. The molecule has 0 spiro atoms. The molecule has 1 rings (SSSR count). The number of hydrogen-bond acceptors (Lipinski definition) is 3. The monoisotopic (exact) mass is 289 g/mol. The molecule has 2 N–H and O–H groups in total. The minimum atomic E-state index is -0.785. The first-order chi connectivity index (χ1) is 7.49. The van der Waals surface area contributed by atoms with Crippen LogP contribution in [0.25, 0.3) is 0 Å². The second kappa shape index (κ2) is 6.06. The molecule has 0 aliphatic carbocycles. The standard InChI is InChI=1S/C11H16BrNO3/c1-7(2)9(5-11(14)15)13-6-8-3-4-10(12)16-8/h3-4,7,9,13H,5-6H2,1-2H3,(H,14,15)/t9-/m1/s1. The first kappa shape index (κ1) is 13.3. The minimum Gasteiger partial charge on any atom is -0.481 e. The Morgan fingerprint density at radius 2 is 2.25 bits per heavy atom. The summed E-state index contributed by atoms with van der Waals surface area (Å²) in [6.45, 7) is 4.54. The fourth-order valence-electron chi connectivity index (χ4n) is 1.41. The number of carboxylic acids is 1. The molecule has 1 heterocycles. The molecule has 0 radical (unpaired) electrons. The van der Waals surface area contributed by atoms with Crippen molar-refractivity contribution in [2.24, 2.45) is 5.92 Å². The number of carbonyl (C=O) groups is 1. The highest BCUT2D eigenvalue weighted by molar-refractivity contribution is 9.10. The molecule has 0 saturated carbocycles. The van der Waals surface area contributed by atoms with Gasteiger partial charge in [-0.3, -0.25) is 4.79 Å². The van der Waals surface area contributed by atoms with Crippen LogP contribution in [0.5, 0.6) is 0 Å². The van der Waals surface area contributed by atoms with E-state index in [0.717, 1.165) is 5.76 Å². The normalized spacial score (nSPS) is 13.0. The molecule has 16 heavy (non-hydrogen) atoms. The third kappa shape index (κ3) is 4.37. The molecular formula is C11H16BrNO3. The van der Waals surface area contributed by atoms with Crippen LogP contribution in [0.15, 0.2) is 21.2 Å². The summed E-state index contributed by atoms with van der Waals surface area (Å²) in [6, 6.07) is 3.63. The molecule has 90 valence electrons. The van der Waals surface area contributed by atoms with E-state index in [4.69, 9.17) is 9.52 Å². The Hall–Kier alpha value is -0.810. The topological polar surface area (TPSA) is 62.5 Å². The number of aliphatic carboxylic acids is 1. The van der Waals surface area contributed by atoms with Gasteiger partial charge < -0.3 is 14.8 Å². The summed E-state index contributed by atoms with van der Waals surface area (Å²) in [4.78, 5) is 10.7. The molecule has 0 amide bonds. The maximum Gasteiger partial charge on any atom is 0.304 e. The fraction of sp³-hybridized carbons (Fsp3) is 0.545. The maximum atomic E-state index is 10.7. The third-order valence-corrected chi connectivity index (χ3v) is 2.79. The maximum absolute atomic E-state index is 10.7. The van der Waals surface area contributed by atoms with Crippen molar-refractivity contribution in [2.45, 2.75) is 32.9 Å². The summed E-state index contributed by atoms with van der Waals surface area (Å²) >= 11 is 3.22. The van der Waals surface area contributed by atoms with Gasteiger partial charge in [0, 0.05) is 6.04 Å². The van der Waals surface area contributed by atoms with Gasteiger partial charge in [-0.25, -0.2) is 0 Å². The minimum absolute atomic E-state index is 0.0404. The Kier molecular flexibility index (Phi) is 5.02. The van der Waals surface area contributed by atoms with Crippen LogP contribution in [-0.4, -0.2) is 17.1 Å². The van der Waals surface area contributed by atoms with E-state index in [9.17, 15) is 4.79 Å². The van der Waals surface area contributed by atoms with E-state index in [1.165, 1.54) is 0 Å². The Balaban J connectivity index is 2.46. The molecule has 0 aliphatic rings. The van der Waals surface area contributed by atoms with Gasteiger partial charge >= 0.3 is 5.97 Å². The van der Waals surface area contributed by atoms with Crippen LogP contribution >= 0.6 is 15.9 Å². The van der Waals surface area contributed by atoms with Crippen LogP contribution in [0, 0.1) is 5.92 Å². The second-order valence-electron chi connectivity index (χ2n) is 4.04. The van der Waals surface area contributed by atoms with Gasteiger partial charge in [0.25, 0.3) is 0 Å². The van der Waals surface area contributed by atoms with E-state index in [-0.39, 0.29) is 18.4 Å². The van der Waals surface area contributed by atoms with Crippen molar-refractivity contribution < 1.29 is 14.3 Å². The van der Waals surface area contributed by atoms with Crippen LogP contribution in [-0.2, 0) is 11.3 Å². The smallest absolute Gasteiger partial charge is 0.304 e. The number of nitrogens with one attached hydrogen (secondary N) is 1. The number of hydrogen-bond donors (Lipinski definition) is 2. The molecule has 0 unspecified atom stereocenters. The van der Waals surface area contributed by atoms with Crippen molar-refractivity contribution in [3.63, 3.8) is 0 Å². The Bertz CT molecular complexity index is 349. The summed E-state index contributed by atoms with van der Waals surface area (Å²) in [5.41, 5.74) is 0. The number of rotatable bonds is 6. The zero-order chi connectivity index (χ0) is 12.1. The highest BCUT2D eigenvalue weighted by Gasteiger charge is 2.16. The van der Waals surface area contributed by atoms with Crippen LogP contribution in [0.2, 0.25) is 0 Å². The van der Waals surface area contributed by atoms with E-state index in [1.807, 2.05) is 26.0 Å². The van der Waals surface area contributed by atoms with Crippen LogP contribution in [0.3, 0.4) is 0 Å². The van der Waals surface area contributed by atoms with Crippen molar-refractivity contribution in [2.75, 3.05) is 0 Å². The summed E-state index contributed by atoms with van der Waals surface area (Å²) in [7, 11) is 0. The van der Waals surface area contributed by atoms with Crippen molar-refractivity contribution >= 4 is 21.9 Å². The van der Waals surface area contributed by atoms with Crippen LogP contribution < -0.4 is 5.32 Å². The van der Waals surface area contributed by atoms with Gasteiger partial charge in [0.2, 0.25) is 0 Å². The average molecular weight is 290 g/mol. The lowest BCUT2D eigenvalue weighted by Gasteiger charge is -2.19. The first-order valence-electron chi connectivity index (χ1n) is 5.18. The van der Waals surface area contributed by atoms with Crippen LogP contribution in [0.1, 0.15) is 26.0 Å². The predicted molar refractivity (Wildman–Crippen MR) is 64.1 cm³/mol. The molecular weight excluding hydrogens is 274 g/mol. The Labute approximate surface area is 103 Å². The largest absolute Gasteiger partial charge is 0.481 e. The number of furan rings is 1. The van der Waals surface area contributed by atoms with E-state index in [0.29, 0.717) is 11.2 Å². The Morgan fingerprint density at radius 1 is 1.56 bits per heavy atom. The second-order valence-corrected chi connectivity index (χ2v) is 4.82. The number of halogens is 1. The quantitative estimate of drug-likeness (QED) is 0.845. The molecule has 1 atom stereocenters. The molecule has 1 aromatic heterocycles. The SMILES string of the molecule is CC(C)[C@@H](CC(=O)O)NCc1ccc(Br)o1. The van der Waals surface area contributed by atoms with Gasteiger partial charge in [0.1, 0.15) is 5.76 Å². The molecule has 0 saturated heterocycles. The van der Waals surface area contributed by atoms with E-state index in [2.05, 4.69) is 21.2 Å². The highest BCUT2D eigenvalue weighted by Crippen LogP contribution is 2.14. The fourth-order valence-corrected chi connectivity index (χ4v) is 1.75. The first-order valence-corrected chi connectivity index (χ1v) is 5.97. The van der Waals surface area contributed by atoms with Gasteiger partial charge in [-0.05, 0) is 34.0 Å². The van der Waals surface area contributed by atoms with Gasteiger partial charge in [0.05, 0.1) is 13.0 Å². The zero-order valence-electron chi connectivity index (χ0n) is 9.37. The molecule has 0 bridgehead atoms. The molecule has 0 fully saturated rings. The van der Waals surface area contributed by atoms with Crippen molar-refractivity contribution in [3.05, 3.63) is 22.6 Å². The molecule has 0 aliphatic heterocycles. The van der Waals surface area contributed by atoms with Gasteiger partial charge in [0.15, 0.2) is 4.67 Å². The summed E-state index contributed by atoms with van der Waals surface area (Å²) in [6.07, 6.45) is 0.125. The van der Waals surface area contributed by atoms with Gasteiger partial charge in [-0.1, -0.05) is 13.8 Å². The van der Waals surface area contributed by atoms with Crippen molar-refractivity contribution in [3.8, 4) is 0 Å². The van der Waals surface area contributed by atoms with E-state index in [1.54, 1.807) is 0 Å². The van der Waals surface area contributed by atoms with E-state index < -0.39 is 5.97 Å². The number of carboxylic acid groups (broad SMARTS) is 1. The average Bonchev–Trinajstić information content (AvgIpc) is 2.58. The summed E-state index contributed by atoms with van der Waals surface area (Å²) in [5.74, 6) is 0.282. The lowest BCUT2D eigenvalue weighted by Crippen LogP contribution is -2.35. The zero-order valence-corrected chi connectivity index (χ0v) is 11.0.